The van der Waals surface area contributed by atoms with E-state index in [4.69, 9.17) is 15.3 Å². The monoisotopic (exact) mass is 1140 g/mol. The van der Waals surface area contributed by atoms with E-state index in [-0.39, 0.29) is 17.5 Å². The van der Waals surface area contributed by atoms with Gasteiger partial charge in [-0.05, 0) is 116 Å². The van der Waals surface area contributed by atoms with E-state index in [1.54, 1.807) is 54.1 Å². The number of anilines is 1. The van der Waals surface area contributed by atoms with Crippen molar-refractivity contribution in [1.82, 2.24) is 22.8 Å². The Hall–Kier alpha value is -10.2. The standard InChI is InChI=1S/C16H15N.C13H17N.C11H11NO3.C11H9NO3.C10H9NO2.C10H11N/c1-2-17-15-11-7-6-10-14(15)12-16(17)13-8-4-3-5-9-13;1-3-4-9-14-11(2)10-12-7-5-6-8-13(12)14;2*1-7(13)12-9-5-3-2-4-8(9)6-10(12)11(14)15;1-11-8-5-3-2-4-7(8)6-9(11)10(12)13;1-8-7-9-5-3-4-6-10(9)11(8)2/h3-12H,2H2,1H3;5-8,10H,3-4,9H2,1-2H3;2-5,10H,6H2,1H3,(H,14,15);2-6H,1H3,(H,14,15);2-6H,1H3,(H,12,13);3-7H,1-2H3. The van der Waals surface area contributed by atoms with Crippen molar-refractivity contribution in [3.05, 3.63) is 235 Å². The highest BCUT2D eigenvalue weighted by Gasteiger charge is 2.36. The zero-order chi connectivity index (χ0) is 60.9. The van der Waals surface area contributed by atoms with E-state index in [2.05, 4.69) is 170 Å². The van der Waals surface area contributed by atoms with Crippen molar-refractivity contribution in [2.45, 2.75) is 79.9 Å². The fraction of sp³-hybridized carbons (Fsp3) is 0.197. The molecular weight excluding hydrogens is 1060 g/mol. The van der Waals surface area contributed by atoms with Gasteiger partial charge in [0.05, 0.1) is 5.52 Å². The van der Waals surface area contributed by atoms with Crippen molar-refractivity contribution < 1.29 is 39.3 Å². The third-order valence-electron chi connectivity index (χ3n) is 15.2. The van der Waals surface area contributed by atoms with Crippen LogP contribution in [-0.4, -0.2) is 73.9 Å². The lowest BCUT2D eigenvalue weighted by atomic mass is 10.1. The summed E-state index contributed by atoms with van der Waals surface area (Å²) >= 11 is 0. The predicted molar refractivity (Wildman–Crippen MR) is 342 cm³/mol. The molecule has 1 amide bonds. The number of hydrogen-bond donors (Lipinski definition) is 3. The molecule has 0 saturated heterocycles. The number of aryl methyl sites for hydroxylation is 6. The normalized spacial score (nSPS) is 12.1. The molecular formula is C71H72N6O8. The molecule has 0 aliphatic carbocycles. The van der Waals surface area contributed by atoms with Crippen LogP contribution in [-0.2, 0) is 43.2 Å². The Bertz CT molecular complexity index is 4330. The van der Waals surface area contributed by atoms with Crippen molar-refractivity contribution in [2.24, 2.45) is 14.1 Å². The van der Waals surface area contributed by atoms with Gasteiger partial charge in [0, 0.05) is 108 Å². The highest BCUT2D eigenvalue weighted by atomic mass is 16.4. The van der Waals surface area contributed by atoms with Crippen molar-refractivity contribution in [2.75, 3.05) is 4.90 Å². The second kappa shape index (κ2) is 27.7. The van der Waals surface area contributed by atoms with E-state index in [0.29, 0.717) is 17.6 Å². The molecule has 1 atom stereocenters. The lowest BCUT2D eigenvalue weighted by Crippen LogP contribution is -2.41. The van der Waals surface area contributed by atoms with Crippen molar-refractivity contribution in [3.63, 3.8) is 0 Å². The van der Waals surface area contributed by atoms with Crippen molar-refractivity contribution in [1.29, 1.82) is 0 Å². The Kier molecular flexibility index (Phi) is 19.8. The van der Waals surface area contributed by atoms with Crippen molar-refractivity contribution in [3.8, 4) is 11.3 Å². The number of rotatable bonds is 8. The van der Waals surface area contributed by atoms with Gasteiger partial charge in [-0.15, -0.1) is 0 Å². The minimum atomic E-state index is -1.10. The molecule has 5 aromatic heterocycles. The number of para-hydroxylation sites is 6. The summed E-state index contributed by atoms with van der Waals surface area (Å²) in [6, 6.07) is 67.3. The number of nitrogens with zero attached hydrogens (tertiary/aromatic N) is 6. The van der Waals surface area contributed by atoms with E-state index >= 15 is 0 Å². The fourth-order valence-corrected chi connectivity index (χ4v) is 10.9. The predicted octanol–water partition coefficient (Wildman–Crippen LogP) is 15.5. The fourth-order valence-electron chi connectivity index (χ4n) is 10.9. The summed E-state index contributed by atoms with van der Waals surface area (Å²) in [5, 5.41) is 32.5. The van der Waals surface area contributed by atoms with Gasteiger partial charge in [-0.2, -0.15) is 0 Å². The van der Waals surface area contributed by atoms with Gasteiger partial charge in [0.1, 0.15) is 17.4 Å². The van der Waals surface area contributed by atoms with Crippen LogP contribution in [0.15, 0.2) is 206 Å². The van der Waals surface area contributed by atoms with E-state index in [9.17, 15) is 24.0 Å². The maximum Gasteiger partial charge on any atom is 0.352 e. The minimum absolute atomic E-state index is 0.00343. The van der Waals surface area contributed by atoms with Crippen LogP contribution in [0.4, 0.5) is 5.69 Å². The van der Waals surface area contributed by atoms with Gasteiger partial charge in [-0.1, -0.05) is 153 Å². The molecule has 1 aliphatic heterocycles. The molecule has 0 spiro atoms. The number of fused-ring (bicyclic) bond motifs is 6. The molecule has 7 aromatic carbocycles. The zero-order valence-corrected chi connectivity index (χ0v) is 49.3. The van der Waals surface area contributed by atoms with Crippen LogP contribution in [0.2, 0.25) is 0 Å². The molecule has 1 aliphatic rings. The third kappa shape index (κ3) is 13.8. The molecule has 1 unspecified atom stereocenters. The maximum absolute atomic E-state index is 11.4. The van der Waals surface area contributed by atoms with Gasteiger partial charge in [0.25, 0.3) is 0 Å². The van der Waals surface area contributed by atoms with Crippen LogP contribution in [0.1, 0.15) is 83.3 Å². The number of hydrogen-bond acceptors (Lipinski definition) is 5. The molecule has 3 N–H and O–H groups in total. The Labute approximate surface area is 494 Å². The summed E-state index contributed by atoms with van der Waals surface area (Å²) in [5.74, 6) is -3.47. The van der Waals surface area contributed by atoms with E-state index < -0.39 is 23.9 Å². The Balaban J connectivity index is 0.000000133. The smallest absolute Gasteiger partial charge is 0.352 e. The van der Waals surface area contributed by atoms with Crippen LogP contribution < -0.4 is 4.90 Å². The second-order valence-electron chi connectivity index (χ2n) is 20.7. The summed E-state index contributed by atoms with van der Waals surface area (Å²) in [5.41, 5.74) is 12.8. The molecule has 12 aromatic rings. The Morgan fingerprint density at radius 1 is 0.471 bits per heavy atom. The first-order valence-electron chi connectivity index (χ1n) is 28.4. The van der Waals surface area contributed by atoms with Gasteiger partial charge in [0.15, 0.2) is 0 Å². The average molecular weight is 1140 g/mol. The molecule has 14 nitrogen and oxygen atoms in total. The number of carbonyl (C=O) groups is 5. The summed E-state index contributed by atoms with van der Waals surface area (Å²) in [6.45, 7) is 13.6. The van der Waals surface area contributed by atoms with Gasteiger partial charge >= 0.3 is 17.9 Å². The van der Waals surface area contributed by atoms with Gasteiger partial charge in [-0.25, -0.2) is 14.4 Å². The number of carboxylic acids is 3. The van der Waals surface area contributed by atoms with E-state index in [1.807, 2.05) is 36.4 Å². The average Bonchev–Trinajstić information content (AvgIpc) is 4.57. The summed E-state index contributed by atoms with van der Waals surface area (Å²) in [4.78, 5) is 56.8. The molecule has 0 saturated carbocycles. The van der Waals surface area contributed by atoms with E-state index in [1.165, 1.54) is 97.6 Å². The van der Waals surface area contributed by atoms with Gasteiger partial charge < -0.3 is 33.6 Å². The third-order valence-corrected chi connectivity index (χ3v) is 15.2. The number of carbonyl (C=O) groups excluding carboxylic acids is 2. The first-order valence-corrected chi connectivity index (χ1v) is 28.4. The van der Waals surface area contributed by atoms with Crippen LogP contribution in [0, 0.1) is 13.8 Å². The Morgan fingerprint density at radius 2 is 0.918 bits per heavy atom. The van der Waals surface area contributed by atoms with Gasteiger partial charge in [-0.3, -0.25) is 19.1 Å². The van der Waals surface area contributed by atoms with Crippen molar-refractivity contribution >= 4 is 89.9 Å². The molecule has 0 fully saturated rings. The molecule has 85 heavy (non-hydrogen) atoms. The molecule has 13 rings (SSSR count). The molecule has 14 heteroatoms. The molecule has 0 radical (unpaired) electrons. The highest BCUT2D eigenvalue weighted by Crippen LogP contribution is 2.32. The number of carboxylic acid groups (broad SMARTS) is 3. The molecule has 434 valence electrons. The zero-order valence-electron chi connectivity index (χ0n) is 49.3. The number of aliphatic carboxylic acids is 1. The topological polar surface area (TPSA) is 174 Å². The van der Waals surface area contributed by atoms with Gasteiger partial charge in [0.2, 0.25) is 11.8 Å². The molecule has 6 heterocycles. The van der Waals surface area contributed by atoms with Crippen LogP contribution in [0.25, 0.3) is 65.8 Å². The van der Waals surface area contributed by atoms with E-state index in [0.717, 1.165) is 40.6 Å². The highest BCUT2D eigenvalue weighted by molar-refractivity contribution is 6.02. The van der Waals surface area contributed by atoms with Crippen LogP contribution in [0.3, 0.4) is 0 Å². The minimum Gasteiger partial charge on any atom is -0.480 e. The maximum atomic E-state index is 11.4. The summed E-state index contributed by atoms with van der Waals surface area (Å²) in [6.07, 6.45) is 2.91. The summed E-state index contributed by atoms with van der Waals surface area (Å²) in [7, 11) is 3.85. The van der Waals surface area contributed by atoms with Crippen LogP contribution >= 0.6 is 0 Å². The Morgan fingerprint density at radius 3 is 1.44 bits per heavy atom. The number of aromatic carboxylic acids is 2. The first kappa shape index (κ1) is 60.9. The lowest BCUT2D eigenvalue weighted by Gasteiger charge is -2.20. The summed E-state index contributed by atoms with van der Waals surface area (Å²) < 4.78 is 9.87. The molecule has 0 bridgehead atoms. The largest absolute Gasteiger partial charge is 0.480 e. The number of amides is 1. The number of aromatic nitrogens is 5. The lowest BCUT2D eigenvalue weighted by molar-refractivity contribution is -0.139. The SMILES string of the molecule is CC(=O)N1c2ccccc2CC1C(=O)O.CC(=O)n1c(C(=O)O)cc2ccccc21.CCCCn1c(C)cc2ccccc21.CCn1c(-c2ccccc2)cc2ccccc21.Cc1cc2ccccc2n1C.Cn1c(C(=O)O)cc2ccccc21. The number of unbranched alkanes of at least 4 members (excludes halogenated alkanes) is 1. The second-order valence-corrected chi connectivity index (χ2v) is 20.7. The first-order chi connectivity index (χ1) is 40.9. The number of benzene rings is 7. The van der Waals surface area contributed by atoms with Crippen LogP contribution in [0.5, 0.6) is 0 Å². The quantitative estimate of drug-likeness (QED) is 0.135.